The van der Waals surface area contributed by atoms with Crippen molar-refractivity contribution in [2.45, 2.75) is 84.3 Å². The van der Waals surface area contributed by atoms with Crippen LogP contribution in [0.1, 0.15) is 55.2 Å². The van der Waals surface area contributed by atoms with E-state index in [0.717, 1.165) is 23.1 Å². The van der Waals surface area contributed by atoms with Crippen LogP contribution in [0.15, 0.2) is 41.3 Å². The van der Waals surface area contributed by atoms with Crippen LogP contribution in [0.5, 0.6) is 0 Å². The summed E-state index contributed by atoms with van der Waals surface area (Å²) in [5, 5.41) is 9.07. The van der Waals surface area contributed by atoms with Crippen LogP contribution >= 0.6 is 23.2 Å². The predicted octanol–water partition coefficient (Wildman–Crippen LogP) is 7.48. The third-order valence-electron chi connectivity index (χ3n) is 9.52. The number of alkyl halides is 8. The lowest BCUT2D eigenvalue weighted by Crippen LogP contribution is -2.56. The van der Waals surface area contributed by atoms with E-state index in [9.17, 15) is 49.5 Å². The second-order valence-electron chi connectivity index (χ2n) is 11.9. The first kappa shape index (κ1) is 34.7. The van der Waals surface area contributed by atoms with Gasteiger partial charge in [0.15, 0.2) is 15.5 Å². The minimum atomic E-state index is -6.41. The Hall–Kier alpha value is -2.65. The summed E-state index contributed by atoms with van der Waals surface area (Å²) in [5.41, 5.74) is -10.7. The Bertz CT molecular complexity index is 1680. The number of hydrogen-bond donors (Lipinski definition) is 1. The summed E-state index contributed by atoms with van der Waals surface area (Å²) < 4.78 is 140. The maximum absolute atomic E-state index is 16.1. The number of carbonyl (C=O) groups excluding carboxylic acids is 1. The number of carbonyl (C=O) groups is 2. The first-order chi connectivity index (χ1) is 21.1. The van der Waals surface area contributed by atoms with Gasteiger partial charge in [-0.05, 0) is 74.3 Å². The molecule has 3 aliphatic rings. The lowest BCUT2D eigenvalue weighted by Gasteiger charge is -2.44. The van der Waals surface area contributed by atoms with Crippen LogP contribution in [0.4, 0.5) is 35.1 Å². The van der Waals surface area contributed by atoms with E-state index in [1.807, 2.05) is 0 Å². The molecule has 0 spiro atoms. The molecule has 1 saturated heterocycles. The van der Waals surface area contributed by atoms with E-state index in [0.29, 0.717) is 12.1 Å². The summed E-state index contributed by atoms with van der Waals surface area (Å²) in [6.45, 7) is -0.364. The van der Waals surface area contributed by atoms with Crippen LogP contribution in [-0.4, -0.2) is 60.9 Å². The second kappa shape index (κ2) is 11.2. The highest BCUT2D eigenvalue weighted by Gasteiger charge is 2.74. The lowest BCUT2D eigenvalue weighted by molar-refractivity contribution is -0.348. The number of aliphatic carboxylic acids is 1. The van der Waals surface area contributed by atoms with E-state index in [1.165, 1.54) is 0 Å². The number of aryl methyl sites for hydroxylation is 1. The van der Waals surface area contributed by atoms with Gasteiger partial charge in [0.2, 0.25) is 0 Å². The molecule has 1 amide bonds. The van der Waals surface area contributed by atoms with Gasteiger partial charge in [-0.25, -0.2) is 17.2 Å². The Morgan fingerprint density at radius 3 is 2.02 bits per heavy atom. The maximum Gasteiger partial charge on any atom is 0.435 e. The molecule has 5 rings (SSSR count). The number of rotatable bonds is 5. The molecule has 2 atom stereocenters. The topological polar surface area (TPSA) is 91.8 Å². The van der Waals surface area contributed by atoms with Gasteiger partial charge in [0.1, 0.15) is 4.75 Å². The first-order valence-corrected chi connectivity index (χ1v) is 16.2. The van der Waals surface area contributed by atoms with Gasteiger partial charge in [0.25, 0.3) is 5.91 Å². The SMILES string of the molecule is O=C(O)[C@H]1CC[C@](F)(C(=O)N2CCC3(S(=O)(=O)c4ccc(Cl)c(Cl)c4)c4ccc(C(F)(C(F)(F)F)C(F)(F)F)cc4CCC23)CC1. The first-order valence-electron chi connectivity index (χ1n) is 14.0. The van der Waals surface area contributed by atoms with Crippen LogP contribution in [-0.2, 0) is 36.3 Å². The van der Waals surface area contributed by atoms with Crippen molar-refractivity contribution >= 4 is 44.9 Å². The molecule has 6 nitrogen and oxygen atoms in total. The van der Waals surface area contributed by atoms with Crippen molar-refractivity contribution in [3.8, 4) is 0 Å². The van der Waals surface area contributed by atoms with Crippen molar-refractivity contribution in [1.29, 1.82) is 0 Å². The second-order valence-corrected chi connectivity index (χ2v) is 14.9. The number of sulfone groups is 1. The van der Waals surface area contributed by atoms with Gasteiger partial charge in [-0.15, -0.1) is 0 Å². The Morgan fingerprint density at radius 1 is 0.870 bits per heavy atom. The van der Waals surface area contributed by atoms with E-state index in [-0.39, 0.29) is 59.5 Å². The number of likely N-dealkylation sites (tertiary alicyclic amines) is 1. The minimum absolute atomic E-state index is 0.0264. The fraction of sp³-hybridized carbons (Fsp3) is 0.517. The molecule has 46 heavy (non-hydrogen) atoms. The van der Waals surface area contributed by atoms with E-state index in [1.54, 1.807) is 0 Å². The summed E-state index contributed by atoms with van der Waals surface area (Å²) in [4.78, 5) is 25.7. The normalized spacial score (nSPS) is 27.2. The van der Waals surface area contributed by atoms with E-state index in [2.05, 4.69) is 0 Å². The molecule has 2 fully saturated rings. The van der Waals surface area contributed by atoms with E-state index < -0.39 is 91.8 Å². The molecule has 1 saturated carbocycles. The standard InChI is InChI=1S/C29H25Cl2F8NO5S/c30-20-5-3-18(14-21(20)31)46(44,45)26-11-12-40(24(43)25(32)9-7-15(8-10-25)23(41)42)22(26)6-1-16-13-17(2-4-19(16)26)27(33,28(34,35)36)29(37,38)39/h2-5,13-15,22H,1,6-12H2,(H,41,42)/t15-,22?,25+,26?. The summed E-state index contributed by atoms with van der Waals surface area (Å²) in [5.74, 6) is -3.13. The number of amides is 1. The largest absolute Gasteiger partial charge is 0.481 e. The van der Waals surface area contributed by atoms with Crippen LogP contribution in [0, 0.1) is 5.92 Å². The molecular weight excluding hydrogens is 697 g/mol. The lowest BCUT2D eigenvalue weighted by atomic mass is 9.76. The van der Waals surface area contributed by atoms with Crippen LogP contribution in [0.2, 0.25) is 10.0 Å². The van der Waals surface area contributed by atoms with E-state index in [4.69, 9.17) is 23.2 Å². The molecule has 2 aromatic rings. The van der Waals surface area contributed by atoms with Crippen molar-refractivity contribution in [2.24, 2.45) is 5.92 Å². The molecule has 1 N–H and O–H groups in total. The van der Waals surface area contributed by atoms with Crippen molar-refractivity contribution in [3.63, 3.8) is 0 Å². The zero-order chi connectivity index (χ0) is 34.3. The van der Waals surface area contributed by atoms with Crippen LogP contribution < -0.4 is 0 Å². The third-order valence-corrected chi connectivity index (χ3v) is 12.8. The minimum Gasteiger partial charge on any atom is -0.481 e. The number of halogens is 10. The summed E-state index contributed by atoms with van der Waals surface area (Å²) in [6.07, 6.45) is -15.2. The molecule has 2 aliphatic carbocycles. The zero-order valence-electron chi connectivity index (χ0n) is 23.5. The van der Waals surface area contributed by atoms with Gasteiger partial charge in [-0.1, -0.05) is 41.4 Å². The summed E-state index contributed by atoms with van der Waals surface area (Å²) in [6, 6.07) is 3.16. The number of carboxylic acid groups (broad SMARTS) is 1. The monoisotopic (exact) mass is 721 g/mol. The summed E-state index contributed by atoms with van der Waals surface area (Å²) in [7, 11) is -4.73. The fourth-order valence-electron chi connectivity index (χ4n) is 7.12. The van der Waals surface area contributed by atoms with Crippen molar-refractivity contribution < 1.29 is 58.2 Å². The number of benzene rings is 2. The molecule has 0 aromatic heterocycles. The van der Waals surface area contributed by atoms with Gasteiger partial charge in [-0.3, -0.25) is 9.59 Å². The highest BCUT2D eigenvalue weighted by Crippen LogP contribution is 2.57. The third kappa shape index (κ3) is 5.06. The highest BCUT2D eigenvalue weighted by atomic mass is 35.5. The van der Waals surface area contributed by atoms with Gasteiger partial charge in [0, 0.05) is 12.1 Å². The van der Waals surface area contributed by atoms with Crippen LogP contribution in [0.3, 0.4) is 0 Å². The number of hydrogen-bond acceptors (Lipinski definition) is 4. The number of nitrogens with zero attached hydrogens (tertiary/aromatic N) is 1. The van der Waals surface area contributed by atoms with Crippen LogP contribution in [0.25, 0.3) is 0 Å². The van der Waals surface area contributed by atoms with Crippen molar-refractivity contribution in [2.75, 3.05) is 6.54 Å². The fourth-order valence-corrected chi connectivity index (χ4v) is 9.88. The van der Waals surface area contributed by atoms with Crippen molar-refractivity contribution in [3.05, 3.63) is 63.1 Å². The average Bonchev–Trinajstić information content (AvgIpc) is 3.38. The Balaban J connectivity index is 1.66. The highest BCUT2D eigenvalue weighted by molar-refractivity contribution is 7.92. The molecule has 1 aliphatic heterocycles. The van der Waals surface area contributed by atoms with Gasteiger partial charge in [0.05, 0.1) is 26.9 Å². The molecule has 0 radical (unpaired) electrons. The number of fused-ring (bicyclic) bond motifs is 3. The molecule has 2 aromatic carbocycles. The predicted molar refractivity (Wildman–Crippen MR) is 149 cm³/mol. The number of carboxylic acids is 1. The molecule has 17 heteroatoms. The Labute approximate surface area is 267 Å². The quantitative estimate of drug-likeness (QED) is 0.324. The van der Waals surface area contributed by atoms with Gasteiger partial charge >= 0.3 is 24.0 Å². The van der Waals surface area contributed by atoms with Crippen molar-refractivity contribution in [1.82, 2.24) is 4.90 Å². The Kier molecular flexibility index (Phi) is 8.46. The molecular formula is C29H25Cl2F8NO5S. The Morgan fingerprint density at radius 2 is 1.48 bits per heavy atom. The molecule has 2 unspecified atom stereocenters. The molecule has 252 valence electrons. The average molecular weight is 722 g/mol. The van der Waals surface area contributed by atoms with Gasteiger partial charge < -0.3 is 10.0 Å². The molecule has 1 heterocycles. The smallest absolute Gasteiger partial charge is 0.435 e. The zero-order valence-corrected chi connectivity index (χ0v) is 25.8. The van der Waals surface area contributed by atoms with Gasteiger partial charge in [-0.2, -0.15) is 26.3 Å². The molecule has 0 bridgehead atoms. The van der Waals surface area contributed by atoms with E-state index >= 15 is 8.78 Å². The maximum atomic E-state index is 16.1. The summed E-state index contributed by atoms with van der Waals surface area (Å²) >= 11 is 12.0.